The number of anilines is 2. The minimum absolute atomic E-state index is 0.255. The van der Waals surface area contributed by atoms with Crippen molar-refractivity contribution >= 4 is 34.9 Å². The summed E-state index contributed by atoms with van der Waals surface area (Å²) in [6.07, 6.45) is 1.57. The molecule has 0 radical (unpaired) electrons. The Bertz CT molecular complexity index is 360. The summed E-state index contributed by atoms with van der Waals surface area (Å²) >= 11 is 7.73. The van der Waals surface area contributed by atoms with Gasteiger partial charge >= 0.3 is 0 Å². The van der Waals surface area contributed by atoms with Crippen molar-refractivity contribution in [2.45, 2.75) is 12.2 Å². The Morgan fingerprint density at radius 3 is 3.20 bits per heavy atom. The first-order valence-corrected chi connectivity index (χ1v) is 6.24. The zero-order valence-corrected chi connectivity index (χ0v) is 10.1. The van der Waals surface area contributed by atoms with Crippen molar-refractivity contribution in [3.63, 3.8) is 0 Å². The highest BCUT2D eigenvalue weighted by Crippen LogP contribution is 2.26. The molecule has 2 rings (SSSR count). The molecule has 6 heteroatoms. The normalized spacial score (nSPS) is 21.7. The summed E-state index contributed by atoms with van der Waals surface area (Å²) in [4.78, 5) is 10.2. The van der Waals surface area contributed by atoms with Crippen LogP contribution < -0.4 is 10.6 Å². The van der Waals surface area contributed by atoms with Crippen LogP contribution in [0.4, 0.5) is 11.5 Å². The molecule has 1 atom stereocenters. The second-order valence-electron chi connectivity index (χ2n) is 3.55. The van der Waals surface area contributed by atoms with Gasteiger partial charge in [0.25, 0.3) is 0 Å². The number of halogens is 1. The first kappa shape index (κ1) is 10.8. The first-order valence-electron chi connectivity index (χ1n) is 4.81. The molecule has 1 saturated heterocycles. The molecule has 1 aromatic rings. The van der Waals surface area contributed by atoms with Gasteiger partial charge in [0.05, 0.1) is 11.9 Å². The third-order valence-corrected chi connectivity index (χ3v) is 3.63. The lowest BCUT2D eigenvalue weighted by atomic mass is 10.3. The molecule has 0 bridgehead atoms. The van der Waals surface area contributed by atoms with Crippen LogP contribution in [0.1, 0.15) is 6.92 Å². The molecule has 15 heavy (non-hydrogen) atoms. The summed E-state index contributed by atoms with van der Waals surface area (Å²) in [5.74, 6) is 1.87. The van der Waals surface area contributed by atoms with Gasteiger partial charge in [-0.25, -0.2) is 4.98 Å². The molecule has 0 aromatic carbocycles. The molecule has 1 unspecified atom stereocenters. The van der Waals surface area contributed by atoms with E-state index in [1.807, 2.05) is 11.8 Å². The fourth-order valence-corrected chi connectivity index (χ4v) is 2.77. The molecular formula is C9H13ClN4S. The molecule has 0 saturated carbocycles. The van der Waals surface area contributed by atoms with E-state index in [1.165, 1.54) is 0 Å². The summed E-state index contributed by atoms with van der Waals surface area (Å²) in [5.41, 5.74) is 6.43. The van der Waals surface area contributed by atoms with Crippen molar-refractivity contribution in [2.24, 2.45) is 0 Å². The number of nitrogen functional groups attached to an aromatic ring is 1. The summed E-state index contributed by atoms with van der Waals surface area (Å²) in [7, 11) is 0. The van der Waals surface area contributed by atoms with E-state index in [0.717, 1.165) is 24.7 Å². The van der Waals surface area contributed by atoms with Gasteiger partial charge in [0.1, 0.15) is 0 Å². The molecule has 1 aliphatic heterocycles. The fraction of sp³-hybridized carbons (Fsp3) is 0.556. The second-order valence-corrected chi connectivity index (χ2v) is 5.43. The number of hydrogen-bond acceptors (Lipinski definition) is 5. The van der Waals surface area contributed by atoms with E-state index in [1.54, 1.807) is 6.20 Å². The van der Waals surface area contributed by atoms with Crippen LogP contribution in [0.25, 0.3) is 0 Å². The van der Waals surface area contributed by atoms with Gasteiger partial charge in [-0.3, -0.25) is 0 Å². The fourth-order valence-electron chi connectivity index (χ4n) is 1.63. The van der Waals surface area contributed by atoms with Crippen LogP contribution in [0.5, 0.6) is 0 Å². The van der Waals surface area contributed by atoms with Crippen molar-refractivity contribution in [1.82, 2.24) is 9.97 Å². The van der Waals surface area contributed by atoms with E-state index in [-0.39, 0.29) is 5.28 Å². The topological polar surface area (TPSA) is 55.0 Å². The number of hydrogen-bond donors (Lipinski definition) is 1. The van der Waals surface area contributed by atoms with Crippen molar-refractivity contribution in [2.75, 3.05) is 29.5 Å². The molecule has 0 amide bonds. The molecule has 1 aliphatic rings. The largest absolute Gasteiger partial charge is 0.394 e. The van der Waals surface area contributed by atoms with Crippen molar-refractivity contribution < 1.29 is 0 Å². The van der Waals surface area contributed by atoms with Crippen LogP contribution in [0.2, 0.25) is 5.28 Å². The van der Waals surface area contributed by atoms with Gasteiger partial charge in [-0.15, -0.1) is 0 Å². The minimum Gasteiger partial charge on any atom is -0.394 e. The van der Waals surface area contributed by atoms with Gasteiger partial charge in [0.15, 0.2) is 5.82 Å². The van der Waals surface area contributed by atoms with Crippen LogP contribution in [0.15, 0.2) is 6.20 Å². The number of thioether (sulfide) groups is 1. The highest BCUT2D eigenvalue weighted by Gasteiger charge is 2.20. The quantitative estimate of drug-likeness (QED) is 0.762. The molecule has 2 heterocycles. The lowest BCUT2D eigenvalue weighted by molar-refractivity contribution is 0.769. The van der Waals surface area contributed by atoms with E-state index < -0.39 is 0 Å². The Balaban J connectivity index is 2.24. The average molecular weight is 245 g/mol. The van der Waals surface area contributed by atoms with E-state index in [4.69, 9.17) is 17.3 Å². The van der Waals surface area contributed by atoms with Crippen molar-refractivity contribution in [3.05, 3.63) is 11.5 Å². The maximum atomic E-state index is 5.83. The minimum atomic E-state index is 0.255. The van der Waals surface area contributed by atoms with Gasteiger partial charge in [0, 0.05) is 24.1 Å². The van der Waals surface area contributed by atoms with E-state index >= 15 is 0 Å². The third kappa shape index (κ3) is 2.46. The van der Waals surface area contributed by atoms with Crippen LogP contribution in [-0.4, -0.2) is 34.1 Å². The van der Waals surface area contributed by atoms with Crippen molar-refractivity contribution in [1.29, 1.82) is 0 Å². The Morgan fingerprint density at radius 2 is 2.47 bits per heavy atom. The number of aromatic nitrogens is 2. The highest BCUT2D eigenvalue weighted by molar-refractivity contribution is 8.00. The van der Waals surface area contributed by atoms with Gasteiger partial charge < -0.3 is 10.6 Å². The lowest BCUT2D eigenvalue weighted by Gasteiger charge is -2.31. The van der Waals surface area contributed by atoms with Crippen molar-refractivity contribution in [3.8, 4) is 0 Å². The monoisotopic (exact) mass is 244 g/mol. The Kier molecular flexibility index (Phi) is 3.21. The second kappa shape index (κ2) is 4.45. The molecular weight excluding hydrogens is 232 g/mol. The smallest absolute Gasteiger partial charge is 0.224 e. The molecule has 1 aromatic heterocycles. The predicted octanol–water partition coefficient (Wildman–Crippen LogP) is 1.65. The zero-order valence-electron chi connectivity index (χ0n) is 8.48. The Hall–Kier alpha value is -0.680. The first-order chi connectivity index (χ1) is 7.16. The summed E-state index contributed by atoms with van der Waals surface area (Å²) in [6, 6.07) is 0. The van der Waals surface area contributed by atoms with E-state index in [9.17, 15) is 0 Å². The molecule has 1 fully saturated rings. The van der Waals surface area contributed by atoms with Crippen LogP contribution in [0.3, 0.4) is 0 Å². The summed E-state index contributed by atoms with van der Waals surface area (Å²) in [5, 5.41) is 0.858. The zero-order chi connectivity index (χ0) is 10.8. The maximum absolute atomic E-state index is 5.83. The SMILES string of the molecule is CC1CN(c2nc(Cl)ncc2N)CCS1. The van der Waals surface area contributed by atoms with Gasteiger partial charge in [-0.1, -0.05) is 6.92 Å². The van der Waals surface area contributed by atoms with E-state index in [0.29, 0.717) is 10.9 Å². The van der Waals surface area contributed by atoms with Crippen LogP contribution >= 0.6 is 23.4 Å². The molecule has 4 nitrogen and oxygen atoms in total. The standard InChI is InChI=1S/C9H13ClN4S/c1-6-5-14(2-3-15-6)8-7(11)4-12-9(10)13-8/h4,6H,2-3,5,11H2,1H3. The maximum Gasteiger partial charge on any atom is 0.224 e. The third-order valence-electron chi connectivity index (χ3n) is 2.31. The Morgan fingerprint density at radius 1 is 1.67 bits per heavy atom. The highest BCUT2D eigenvalue weighted by atomic mass is 35.5. The van der Waals surface area contributed by atoms with Gasteiger partial charge in [-0.2, -0.15) is 16.7 Å². The number of nitrogens with two attached hydrogens (primary N) is 1. The number of nitrogens with zero attached hydrogens (tertiary/aromatic N) is 3. The molecule has 2 N–H and O–H groups in total. The van der Waals surface area contributed by atoms with Crippen LogP contribution in [0, 0.1) is 0 Å². The predicted molar refractivity (Wildman–Crippen MR) is 65.6 cm³/mol. The molecule has 0 aliphatic carbocycles. The summed E-state index contributed by atoms with van der Waals surface area (Å²) < 4.78 is 0. The number of rotatable bonds is 1. The van der Waals surface area contributed by atoms with E-state index in [2.05, 4.69) is 21.8 Å². The average Bonchev–Trinajstić information content (AvgIpc) is 2.22. The van der Waals surface area contributed by atoms with Gasteiger partial charge in [0.2, 0.25) is 5.28 Å². The molecule has 0 spiro atoms. The Labute approximate surface area is 98.2 Å². The van der Waals surface area contributed by atoms with Crippen LogP contribution in [-0.2, 0) is 0 Å². The summed E-state index contributed by atoms with van der Waals surface area (Å²) in [6.45, 7) is 4.13. The lowest BCUT2D eigenvalue weighted by Crippen LogP contribution is -2.37. The van der Waals surface area contributed by atoms with Gasteiger partial charge in [-0.05, 0) is 11.6 Å². The molecule has 82 valence electrons.